The van der Waals surface area contributed by atoms with Crippen LogP contribution in [0, 0.1) is 10.1 Å². The molecule has 0 aliphatic carbocycles. The molecule has 0 amide bonds. The third-order valence-electron chi connectivity index (χ3n) is 4.26. The second-order valence-corrected chi connectivity index (χ2v) is 6.95. The van der Waals surface area contributed by atoms with E-state index in [2.05, 4.69) is 25.9 Å². The molecule has 0 saturated carbocycles. The van der Waals surface area contributed by atoms with Crippen LogP contribution in [-0.4, -0.2) is 23.2 Å². The first-order valence-electron chi connectivity index (χ1n) is 8.57. The maximum absolute atomic E-state index is 11.1. The molecule has 1 aromatic heterocycles. The molecule has 0 bridgehead atoms. The average molecular weight is 452 g/mol. The fourth-order valence-corrected chi connectivity index (χ4v) is 3.37. The minimum Gasteiger partial charge on any atom is -0.496 e. The molecule has 144 valence electrons. The topological polar surface area (TPSA) is 90.8 Å². The van der Waals surface area contributed by atoms with E-state index in [1.165, 1.54) is 12.3 Å². The summed E-state index contributed by atoms with van der Waals surface area (Å²) in [4.78, 5) is 19.6. The van der Waals surface area contributed by atoms with Crippen LogP contribution in [-0.2, 0) is 0 Å². The summed E-state index contributed by atoms with van der Waals surface area (Å²) in [5.41, 5.74) is 3.12. The Morgan fingerprint density at radius 2 is 2.00 bits per heavy atom. The predicted molar refractivity (Wildman–Crippen MR) is 114 cm³/mol. The molecular formula is C21H14BrN3O4. The number of nitro benzene ring substituents is 1. The van der Waals surface area contributed by atoms with Crippen molar-refractivity contribution in [1.82, 2.24) is 4.98 Å². The van der Waals surface area contributed by atoms with E-state index < -0.39 is 4.92 Å². The first-order valence-corrected chi connectivity index (χ1v) is 9.36. The zero-order valence-corrected chi connectivity index (χ0v) is 16.8. The number of aliphatic imine (C=N–C) groups is 1. The van der Waals surface area contributed by atoms with Crippen LogP contribution >= 0.6 is 15.9 Å². The third-order valence-corrected chi connectivity index (χ3v) is 4.88. The molecule has 1 heterocycles. The van der Waals surface area contributed by atoms with Gasteiger partial charge in [0.2, 0.25) is 5.89 Å². The van der Waals surface area contributed by atoms with Crippen molar-refractivity contribution in [2.75, 3.05) is 7.11 Å². The van der Waals surface area contributed by atoms with Crippen LogP contribution < -0.4 is 4.74 Å². The van der Waals surface area contributed by atoms with Crippen LogP contribution in [0.25, 0.3) is 22.6 Å². The number of nitro groups is 1. The zero-order valence-electron chi connectivity index (χ0n) is 15.2. The molecule has 0 spiro atoms. The number of aromatic nitrogens is 1. The van der Waals surface area contributed by atoms with Crippen LogP contribution in [0.4, 0.5) is 11.4 Å². The minimum absolute atomic E-state index is 0.00568. The van der Waals surface area contributed by atoms with Crippen molar-refractivity contribution in [3.63, 3.8) is 0 Å². The monoisotopic (exact) mass is 451 g/mol. The maximum atomic E-state index is 11.1. The van der Waals surface area contributed by atoms with E-state index >= 15 is 0 Å². The summed E-state index contributed by atoms with van der Waals surface area (Å²) in [7, 11) is 1.60. The molecule has 0 atom stereocenters. The van der Waals surface area contributed by atoms with Gasteiger partial charge in [-0.2, -0.15) is 0 Å². The van der Waals surface area contributed by atoms with Crippen LogP contribution in [0.15, 0.2) is 74.5 Å². The van der Waals surface area contributed by atoms with E-state index in [1.807, 2.05) is 18.2 Å². The standard InChI is InChI=1S/C21H14BrN3O4/c1-28-19-8-6-13(10-16(19)22)21-24-17-11-15(7-9-20(17)29-21)23-12-14-4-2-3-5-18(14)25(26)27/h2-12H,1H3. The summed E-state index contributed by atoms with van der Waals surface area (Å²) in [5, 5.41) is 11.1. The van der Waals surface area contributed by atoms with Gasteiger partial charge in [-0.1, -0.05) is 12.1 Å². The summed E-state index contributed by atoms with van der Waals surface area (Å²) in [5.74, 6) is 1.19. The van der Waals surface area contributed by atoms with Crippen LogP contribution in [0.1, 0.15) is 5.56 Å². The Morgan fingerprint density at radius 1 is 1.17 bits per heavy atom. The number of halogens is 1. The number of fused-ring (bicyclic) bond motifs is 1. The molecule has 3 aromatic carbocycles. The Morgan fingerprint density at radius 3 is 2.76 bits per heavy atom. The highest BCUT2D eigenvalue weighted by molar-refractivity contribution is 9.10. The van der Waals surface area contributed by atoms with E-state index in [9.17, 15) is 10.1 Å². The lowest BCUT2D eigenvalue weighted by molar-refractivity contribution is -0.385. The van der Waals surface area contributed by atoms with Gasteiger partial charge in [0.1, 0.15) is 11.3 Å². The van der Waals surface area contributed by atoms with Gasteiger partial charge >= 0.3 is 0 Å². The number of rotatable bonds is 5. The van der Waals surface area contributed by atoms with Gasteiger partial charge in [-0.15, -0.1) is 0 Å². The van der Waals surface area contributed by atoms with Gasteiger partial charge in [-0.25, -0.2) is 4.98 Å². The van der Waals surface area contributed by atoms with E-state index in [0.29, 0.717) is 28.2 Å². The van der Waals surface area contributed by atoms with Crippen molar-refractivity contribution in [3.05, 3.63) is 80.8 Å². The number of benzene rings is 3. The summed E-state index contributed by atoms with van der Waals surface area (Å²) in [6, 6.07) is 17.3. The van der Waals surface area contributed by atoms with Crippen LogP contribution in [0.2, 0.25) is 0 Å². The van der Waals surface area contributed by atoms with Gasteiger partial charge in [0, 0.05) is 17.8 Å². The van der Waals surface area contributed by atoms with Gasteiger partial charge in [0.05, 0.1) is 27.8 Å². The Balaban J connectivity index is 1.66. The number of hydrogen-bond acceptors (Lipinski definition) is 6. The molecule has 4 rings (SSSR count). The number of ether oxygens (including phenoxy) is 1. The van der Waals surface area contributed by atoms with E-state index in [-0.39, 0.29) is 5.69 Å². The van der Waals surface area contributed by atoms with E-state index in [4.69, 9.17) is 9.15 Å². The molecule has 8 heteroatoms. The van der Waals surface area contributed by atoms with Crippen molar-refractivity contribution in [3.8, 4) is 17.2 Å². The summed E-state index contributed by atoms with van der Waals surface area (Å²) in [6.07, 6.45) is 1.47. The highest BCUT2D eigenvalue weighted by Gasteiger charge is 2.12. The van der Waals surface area contributed by atoms with Gasteiger partial charge in [-0.3, -0.25) is 15.1 Å². The summed E-state index contributed by atoms with van der Waals surface area (Å²) >= 11 is 3.46. The Hall–Kier alpha value is -3.52. The van der Waals surface area contributed by atoms with E-state index in [0.717, 1.165) is 15.8 Å². The highest BCUT2D eigenvalue weighted by Crippen LogP contribution is 2.32. The molecule has 0 saturated heterocycles. The van der Waals surface area contributed by atoms with Crippen molar-refractivity contribution in [1.29, 1.82) is 0 Å². The fraction of sp³-hybridized carbons (Fsp3) is 0.0476. The first kappa shape index (κ1) is 18.8. The number of oxazole rings is 1. The summed E-state index contributed by atoms with van der Waals surface area (Å²) < 4.78 is 11.9. The Labute approximate surface area is 174 Å². The largest absolute Gasteiger partial charge is 0.496 e. The summed E-state index contributed by atoms with van der Waals surface area (Å²) in [6.45, 7) is 0. The van der Waals surface area contributed by atoms with Crippen molar-refractivity contribution >= 4 is 44.6 Å². The lowest BCUT2D eigenvalue weighted by Gasteiger charge is -2.03. The second-order valence-electron chi connectivity index (χ2n) is 6.09. The molecule has 0 N–H and O–H groups in total. The second kappa shape index (κ2) is 7.84. The van der Waals surface area contributed by atoms with Crippen molar-refractivity contribution in [2.45, 2.75) is 0 Å². The molecule has 0 fully saturated rings. The molecule has 0 aliphatic rings. The number of methoxy groups -OCH3 is 1. The zero-order chi connectivity index (χ0) is 20.4. The molecular weight excluding hydrogens is 438 g/mol. The van der Waals surface area contributed by atoms with Gasteiger partial charge in [0.25, 0.3) is 5.69 Å². The van der Waals surface area contributed by atoms with Gasteiger partial charge in [-0.05, 0) is 58.4 Å². The molecule has 0 radical (unpaired) electrons. The first-order chi connectivity index (χ1) is 14.0. The highest BCUT2D eigenvalue weighted by atomic mass is 79.9. The molecule has 0 unspecified atom stereocenters. The van der Waals surface area contributed by atoms with E-state index in [1.54, 1.807) is 43.5 Å². The number of nitrogens with zero attached hydrogens (tertiary/aromatic N) is 3. The smallest absolute Gasteiger partial charge is 0.278 e. The van der Waals surface area contributed by atoms with Crippen LogP contribution in [0.5, 0.6) is 5.75 Å². The molecule has 29 heavy (non-hydrogen) atoms. The SMILES string of the molecule is COc1ccc(-c2nc3cc(N=Cc4ccccc4[N+](=O)[O-])ccc3o2)cc1Br. The lowest BCUT2D eigenvalue weighted by atomic mass is 10.2. The quantitative estimate of drug-likeness (QED) is 0.213. The van der Waals surface area contributed by atoms with Gasteiger partial charge < -0.3 is 9.15 Å². The minimum atomic E-state index is -0.429. The molecule has 4 aromatic rings. The number of para-hydroxylation sites is 1. The number of hydrogen-bond donors (Lipinski definition) is 0. The molecule has 7 nitrogen and oxygen atoms in total. The van der Waals surface area contributed by atoms with Crippen molar-refractivity contribution in [2.24, 2.45) is 4.99 Å². The lowest BCUT2D eigenvalue weighted by Crippen LogP contribution is -1.93. The maximum Gasteiger partial charge on any atom is 0.278 e. The van der Waals surface area contributed by atoms with Crippen molar-refractivity contribution < 1.29 is 14.1 Å². The normalized spacial score (nSPS) is 11.2. The predicted octanol–water partition coefficient (Wildman–Crippen LogP) is 5.92. The average Bonchev–Trinajstić information content (AvgIpc) is 3.15. The van der Waals surface area contributed by atoms with Crippen LogP contribution in [0.3, 0.4) is 0 Å². The fourth-order valence-electron chi connectivity index (χ4n) is 2.83. The van der Waals surface area contributed by atoms with Gasteiger partial charge in [0.15, 0.2) is 5.58 Å². The Bertz CT molecular complexity index is 1250. The third kappa shape index (κ3) is 3.88. The Kier molecular flexibility index (Phi) is 5.09. The molecule has 0 aliphatic heterocycles.